The van der Waals surface area contributed by atoms with Gasteiger partial charge in [0.25, 0.3) is 0 Å². The van der Waals surface area contributed by atoms with Crippen LogP contribution < -0.4 is 4.90 Å². The molecule has 2 atom stereocenters. The predicted molar refractivity (Wildman–Crippen MR) is 84.9 cm³/mol. The molecule has 0 radical (unpaired) electrons. The number of hydrogen-bond acceptors (Lipinski definition) is 5. The van der Waals surface area contributed by atoms with E-state index in [9.17, 15) is 0 Å². The number of rotatable bonds is 5. The summed E-state index contributed by atoms with van der Waals surface area (Å²) in [6, 6.07) is 0.252. The Morgan fingerprint density at radius 3 is 2.59 bits per heavy atom. The monoisotopic (exact) mass is 301 g/mol. The standard InChI is InChI=1S/C16H23N5O/c1-4-12-8-17-16(18-9-12)21-6-5-15(22-3)14(21)7-13-10-19-20(2)11-13/h8-11,14-15H,4-7H2,1-3H3/t14-,15+/m1/s1. The lowest BCUT2D eigenvalue weighted by molar-refractivity contribution is 0.0952. The fourth-order valence-electron chi connectivity index (χ4n) is 3.09. The second-order valence-electron chi connectivity index (χ2n) is 5.79. The minimum atomic E-state index is 0.203. The first-order valence-electron chi connectivity index (χ1n) is 7.79. The Kier molecular flexibility index (Phi) is 4.38. The van der Waals surface area contributed by atoms with E-state index < -0.39 is 0 Å². The van der Waals surface area contributed by atoms with Gasteiger partial charge in [-0.05, 0) is 30.4 Å². The van der Waals surface area contributed by atoms with E-state index in [1.165, 1.54) is 5.56 Å². The lowest BCUT2D eigenvalue weighted by atomic mass is 10.0. The van der Waals surface area contributed by atoms with Gasteiger partial charge in [-0.2, -0.15) is 5.10 Å². The molecule has 1 saturated heterocycles. The average molecular weight is 301 g/mol. The fraction of sp³-hybridized carbons (Fsp3) is 0.562. The molecule has 0 unspecified atom stereocenters. The molecule has 22 heavy (non-hydrogen) atoms. The molecule has 0 amide bonds. The first-order valence-corrected chi connectivity index (χ1v) is 7.79. The van der Waals surface area contributed by atoms with Crippen LogP contribution in [0.25, 0.3) is 0 Å². The lowest BCUT2D eigenvalue weighted by Crippen LogP contribution is -2.38. The van der Waals surface area contributed by atoms with Crippen LogP contribution in [0.15, 0.2) is 24.8 Å². The molecule has 6 nitrogen and oxygen atoms in total. The van der Waals surface area contributed by atoms with Crippen LogP contribution in [0.3, 0.4) is 0 Å². The molecule has 0 N–H and O–H groups in total. The van der Waals surface area contributed by atoms with Crippen LogP contribution in [0.2, 0.25) is 0 Å². The molecular formula is C16H23N5O. The molecule has 118 valence electrons. The van der Waals surface area contributed by atoms with Crippen molar-refractivity contribution >= 4 is 5.95 Å². The van der Waals surface area contributed by atoms with Crippen molar-refractivity contribution in [3.05, 3.63) is 35.9 Å². The number of anilines is 1. The van der Waals surface area contributed by atoms with Gasteiger partial charge in [0.05, 0.1) is 18.3 Å². The molecule has 1 fully saturated rings. The van der Waals surface area contributed by atoms with Gasteiger partial charge in [0.15, 0.2) is 0 Å². The van der Waals surface area contributed by atoms with Gasteiger partial charge in [0.2, 0.25) is 5.95 Å². The summed E-state index contributed by atoms with van der Waals surface area (Å²) < 4.78 is 7.51. The number of ether oxygens (including phenoxy) is 1. The molecule has 6 heteroatoms. The van der Waals surface area contributed by atoms with Gasteiger partial charge in [-0.25, -0.2) is 9.97 Å². The van der Waals surface area contributed by atoms with Crippen LogP contribution in [-0.2, 0) is 24.6 Å². The molecular weight excluding hydrogens is 278 g/mol. The van der Waals surface area contributed by atoms with Gasteiger partial charge < -0.3 is 9.64 Å². The minimum absolute atomic E-state index is 0.203. The maximum absolute atomic E-state index is 5.67. The van der Waals surface area contributed by atoms with Crippen molar-refractivity contribution in [1.29, 1.82) is 0 Å². The van der Waals surface area contributed by atoms with Crippen LogP contribution in [0, 0.1) is 0 Å². The maximum Gasteiger partial charge on any atom is 0.225 e. The highest BCUT2D eigenvalue weighted by atomic mass is 16.5. The summed E-state index contributed by atoms with van der Waals surface area (Å²) in [5.41, 5.74) is 2.38. The molecule has 0 bridgehead atoms. The second-order valence-corrected chi connectivity index (χ2v) is 5.79. The normalized spacial score (nSPS) is 21.5. The summed E-state index contributed by atoms with van der Waals surface area (Å²) in [6.07, 6.45) is 10.9. The summed E-state index contributed by atoms with van der Waals surface area (Å²) in [4.78, 5) is 11.3. The molecule has 0 aliphatic carbocycles. The highest BCUT2D eigenvalue weighted by molar-refractivity contribution is 5.36. The zero-order valence-electron chi connectivity index (χ0n) is 13.4. The molecule has 2 aromatic rings. The Labute approximate surface area is 131 Å². The molecule has 3 heterocycles. The van der Waals surface area contributed by atoms with E-state index in [4.69, 9.17) is 4.74 Å². The van der Waals surface area contributed by atoms with E-state index in [0.717, 1.165) is 37.3 Å². The molecule has 0 saturated carbocycles. The second kappa shape index (κ2) is 6.44. The Hall–Kier alpha value is -1.95. The smallest absolute Gasteiger partial charge is 0.225 e. The van der Waals surface area contributed by atoms with E-state index in [1.807, 2.05) is 30.3 Å². The van der Waals surface area contributed by atoms with Crippen molar-refractivity contribution in [3.63, 3.8) is 0 Å². The van der Waals surface area contributed by atoms with Gasteiger partial charge in [-0.15, -0.1) is 0 Å². The first kappa shape index (κ1) is 15.0. The van der Waals surface area contributed by atoms with E-state index in [-0.39, 0.29) is 12.1 Å². The maximum atomic E-state index is 5.67. The number of aromatic nitrogens is 4. The van der Waals surface area contributed by atoms with Gasteiger partial charge in [-0.1, -0.05) is 6.92 Å². The number of aryl methyl sites for hydroxylation is 2. The van der Waals surface area contributed by atoms with Gasteiger partial charge in [0.1, 0.15) is 0 Å². The quantitative estimate of drug-likeness (QED) is 0.840. The van der Waals surface area contributed by atoms with E-state index >= 15 is 0 Å². The van der Waals surface area contributed by atoms with Crippen LogP contribution in [-0.4, -0.2) is 45.5 Å². The summed E-state index contributed by atoms with van der Waals surface area (Å²) in [5.74, 6) is 0.797. The van der Waals surface area contributed by atoms with Crippen molar-refractivity contribution < 1.29 is 4.74 Å². The molecule has 3 rings (SSSR count). The van der Waals surface area contributed by atoms with Gasteiger partial charge >= 0.3 is 0 Å². The van der Waals surface area contributed by atoms with Crippen LogP contribution in [0.4, 0.5) is 5.95 Å². The average Bonchev–Trinajstić information content (AvgIpc) is 3.14. The van der Waals surface area contributed by atoms with E-state index in [1.54, 1.807) is 7.11 Å². The fourth-order valence-corrected chi connectivity index (χ4v) is 3.09. The van der Waals surface area contributed by atoms with Crippen LogP contribution in [0.1, 0.15) is 24.5 Å². The minimum Gasteiger partial charge on any atom is -0.379 e. The third kappa shape index (κ3) is 2.97. The third-order valence-corrected chi connectivity index (χ3v) is 4.35. The highest BCUT2D eigenvalue weighted by Gasteiger charge is 2.36. The van der Waals surface area contributed by atoms with Crippen LogP contribution >= 0.6 is 0 Å². The Bertz CT molecular complexity index is 609. The summed E-state index contributed by atoms with van der Waals surface area (Å²) in [7, 11) is 3.72. The Morgan fingerprint density at radius 2 is 2.00 bits per heavy atom. The summed E-state index contributed by atoms with van der Waals surface area (Å²) in [5, 5.41) is 4.26. The zero-order valence-corrected chi connectivity index (χ0v) is 13.4. The number of methoxy groups -OCH3 is 1. The highest BCUT2D eigenvalue weighted by Crippen LogP contribution is 2.27. The Balaban J connectivity index is 1.81. The largest absolute Gasteiger partial charge is 0.379 e. The van der Waals surface area contributed by atoms with Crippen LogP contribution in [0.5, 0.6) is 0 Å². The first-order chi connectivity index (χ1) is 10.7. The van der Waals surface area contributed by atoms with Crippen molar-refractivity contribution in [2.75, 3.05) is 18.6 Å². The summed E-state index contributed by atoms with van der Waals surface area (Å²) >= 11 is 0. The SMILES string of the molecule is CCc1cnc(N2CC[C@H](OC)[C@H]2Cc2cnn(C)c2)nc1. The van der Waals surface area contributed by atoms with E-state index in [0.29, 0.717) is 0 Å². The Morgan fingerprint density at radius 1 is 1.23 bits per heavy atom. The summed E-state index contributed by atoms with van der Waals surface area (Å²) in [6.45, 7) is 3.04. The molecule has 1 aliphatic rings. The predicted octanol–water partition coefficient (Wildman–Crippen LogP) is 1.61. The van der Waals surface area contributed by atoms with Crippen molar-refractivity contribution in [2.45, 2.75) is 38.3 Å². The molecule has 0 spiro atoms. The molecule has 2 aromatic heterocycles. The van der Waals surface area contributed by atoms with Crippen molar-refractivity contribution in [2.24, 2.45) is 7.05 Å². The molecule has 0 aromatic carbocycles. The number of nitrogens with zero attached hydrogens (tertiary/aromatic N) is 5. The zero-order chi connectivity index (χ0) is 15.5. The third-order valence-electron chi connectivity index (χ3n) is 4.35. The topological polar surface area (TPSA) is 56.1 Å². The van der Waals surface area contributed by atoms with Crippen molar-refractivity contribution in [3.8, 4) is 0 Å². The number of hydrogen-bond donors (Lipinski definition) is 0. The van der Waals surface area contributed by atoms with Crippen molar-refractivity contribution in [1.82, 2.24) is 19.7 Å². The van der Waals surface area contributed by atoms with Gasteiger partial charge in [0, 0.05) is 39.3 Å². The lowest BCUT2D eigenvalue weighted by Gasteiger charge is -2.27. The molecule has 1 aliphatic heterocycles. The van der Waals surface area contributed by atoms with Gasteiger partial charge in [-0.3, -0.25) is 4.68 Å². The van der Waals surface area contributed by atoms with E-state index in [2.05, 4.69) is 33.1 Å².